The second kappa shape index (κ2) is 12.4. The van der Waals surface area contributed by atoms with Crippen molar-refractivity contribution in [2.24, 2.45) is 29.6 Å². The summed E-state index contributed by atoms with van der Waals surface area (Å²) in [5, 5.41) is 0. The summed E-state index contributed by atoms with van der Waals surface area (Å²) in [6.07, 6.45) is 23.8. The number of carbonyl (C=O) groups is 1. The van der Waals surface area contributed by atoms with Crippen molar-refractivity contribution in [3.63, 3.8) is 0 Å². The van der Waals surface area contributed by atoms with Crippen molar-refractivity contribution in [3.8, 4) is 0 Å². The van der Waals surface area contributed by atoms with Gasteiger partial charge in [-0.05, 0) is 87.9 Å². The van der Waals surface area contributed by atoms with Crippen molar-refractivity contribution >= 4 is 5.97 Å². The van der Waals surface area contributed by atoms with Crippen LogP contribution in [0.25, 0.3) is 0 Å². The second-order valence-electron chi connectivity index (χ2n) is 10.9. The molecule has 168 valence electrons. The van der Waals surface area contributed by atoms with Gasteiger partial charge >= 0.3 is 5.97 Å². The number of unbranched alkanes of at least 4 members (excludes halogenated alkanes) is 4. The molecule has 2 nitrogen and oxygen atoms in total. The molecule has 29 heavy (non-hydrogen) atoms. The smallest absolute Gasteiger partial charge is 0.309 e. The SMILES string of the molecule is CCCCCCCC1CCC(OC(=O)C2CCC(C3CCC(C)CC3)CC2)CC1. The molecule has 0 aromatic rings. The Morgan fingerprint density at radius 2 is 1.31 bits per heavy atom. The molecule has 0 radical (unpaired) electrons. The Hall–Kier alpha value is -0.530. The summed E-state index contributed by atoms with van der Waals surface area (Å²) in [6.45, 7) is 4.69. The first kappa shape index (κ1) is 23.1. The molecule has 0 aromatic heterocycles. The van der Waals surface area contributed by atoms with Gasteiger partial charge in [-0.1, -0.05) is 65.2 Å². The molecule has 0 bridgehead atoms. The van der Waals surface area contributed by atoms with Crippen molar-refractivity contribution in [1.29, 1.82) is 0 Å². The molecule has 3 aliphatic rings. The molecule has 0 aromatic carbocycles. The summed E-state index contributed by atoms with van der Waals surface area (Å²) in [6, 6.07) is 0. The van der Waals surface area contributed by atoms with Gasteiger partial charge in [-0.15, -0.1) is 0 Å². The van der Waals surface area contributed by atoms with Gasteiger partial charge in [0.05, 0.1) is 5.92 Å². The lowest BCUT2D eigenvalue weighted by atomic mass is 9.69. The largest absolute Gasteiger partial charge is 0.462 e. The molecule has 0 atom stereocenters. The van der Waals surface area contributed by atoms with Crippen LogP contribution in [-0.2, 0) is 9.53 Å². The quantitative estimate of drug-likeness (QED) is 0.287. The van der Waals surface area contributed by atoms with Crippen LogP contribution in [0.4, 0.5) is 0 Å². The lowest BCUT2D eigenvalue weighted by Crippen LogP contribution is -2.32. The Balaban J connectivity index is 1.28. The maximum Gasteiger partial charge on any atom is 0.309 e. The van der Waals surface area contributed by atoms with Gasteiger partial charge in [-0.25, -0.2) is 0 Å². The van der Waals surface area contributed by atoms with Crippen molar-refractivity contribution in [2.75, 3.05) is 0 Å². The van der Waals surface area contributed by atoms with E-state index in [-0.39, 0.29) is 18.0 Å². The molecular weight excluding hydrogens is 356 g/mol. The van der Waals surface area contributed by atoms with E-state index in [2.05, 4.69) is 13.8 Å². The van der Waals surface area contributed by atoms with Gasteiger partial charge in [-0.3, -0.25) is 4.79 Å². The number of ether oxygens (including phenoxy) is 1. The van der Waals surface area contributed by atoms with Crippen LogP contribution in [-0.4, -0.2) is 12.1 Å². The summed E-state index contributed by atoms with van der Waals surface area (Å²) >= 11 is 0. The highest BCUT2D eigenvalue weighted by molar-refractivity contribution is 5.72. The van der Waals surface area contributed by atoms with E-state index in [1.807, 2.05) is 0 Å². The van der Waals surface area contributed by atoms with Crippen LogP contribution in [0.1, 0.15) is 129 Å². The number of hydrogen-bond acceptors (Lipinski definition) is 2. The molecule has 0 heterocycles. The van der Waals surface area contributed by atoms with Gasteiger partial charge in [0.25, 0.3) is 0 Å². The lowest BCUT2D eigenvalue weighted by Gasteiger charge is -2.37. The predicted octanol–water partition coefficient (Wildman–Crippen LogP) is 8.08. The van der Waals surface area contributed by atoms with Crippen LogP contribution in [0.3, 0.4) is 0 Å². The van der Waals surface area contributed by atoms with Crippen LogP contribution in [0.5, 0.6) is 0 Å². The fourth-order valence-electron chi connectivity index (χ4n) is 6.42. The number of rotatable bonds is 9. The number of carbonyl (C=O) groups excluding carboxylic acids is 1. The Kier molecular flexibility index (Phi) is 9.86. The predicted molar refractivity (Wildman–Crippen MR) is 122 cm³/mol. The maximum atomic E-state index is 12.7. The van der Waals surface area contributed by atoms with Crippen molar-refractivity contribution in [3.05, 3.63) is 0 Å². The van der Waals surface area contributed by atoms with Gasteiger partial charge < -0.3 is 4.74 Å². The lowest BCUT2D eigenvalue weighted by molar-refractivity contribution is -0.157. The Morgan fingerprint density at radius 3 is 1.93 bits per heavy atom. The number of esters is 1. The molecule has 2 heteroatoms. The van der Waals surface area contributed by atoms with E-state index in [1.165, 1.54) is 89.9 Å². The molecular formula is C27H48O2. The standard InChI is InChI=1S/C27H48O2/c1-3-4-5-6-7-8-22-11-19-26(20-12-22)29-27(28)25-17-15-24(16-18-25)23-13-9-21(2)10-14-23/h21-26H,3-20H2,1-2H3. The molecule has 0 saturated heterocycles. The van der Waals surface area contributed by atoms with Crippen LogP contribution in [0.2, 0.25) is 0 Å². The zero-order chi connectivity index (χ0) is 20.5. The second-order valence-corrected chi connectivity index (χ2v) is 10.9. The van der Waals surface area contributed by atoms with E-state index in [0.717, 1.165) is 49.4 Å². The van der Waals surface area contributed by atoms with Gasteiger partial charge in [0.2, 0.25) is 0 Å². The van der Waals surface area contributed by atoms with E-state index >= 15 is 0 Å². The number of hydrogen-bond donors (Lipinski definition) is 0. The molecule has 3 fully saturated rings. The van der Waals surface area contributed by atoms with Gasteiger partial charge in [0.15, 0.2) is 0 Å². The third kappa shape index (κ3) is 7.59. The monoisotopic (exact) mass is 404 g/mol. The normalized spacial score (nSPS) is 35.9. The summed E-state index contributed by atoms with van der Waals surface area (Å²) in [5.41, 5.74) is 0. The summed E-state index contributed by atoms with van der Waals surface area (Å²) in [5.74, 6) is 4.00. The third-order valence-corrected chi connectivity index (χ3v) is 8.62. The van der Waals surface area contributed by atoms with Crippen molar-refractivity contribution in [2.45, 2.75) is 136 Å². The van der Waals surface area contributed by atoms with E-state index in [1.54, 1.807) is 0 Å². The van der Waals surface area contributed by atoms with E-state index in [4.69, 9.17) is 4.74 Å². The average Bonchev–Trinajstić information content (AvgIpc) is 2.75. The molecule has 0 aliphatic heterocycles. The first-order valence-corrected chi connectivity index (χ1v) is 13.4. The van der Waals surface area contributed by atoms with Crippen LogP contribution >= 0.6 is 0 Å². The van der Waals surface area contributed by atoms with Gasteiger partial charge in [0, 0.05) is 0 Å². The minimum absolute atomic E-state index is 0.142. The maximum absolute atomic E-state index is 12.7. The first-order chi connectivity index (χ1) is 14.2. The molecule has 0 spiro atoms. The van der Waals surface area contributed by atoms with Crippen LogP contribution in [0.15, 0.2) is 0 Å². The fourth-order valence-corrected chi connectivity index (χ4v) is 6.42. The molecule has 0 amide bonds. The third-order valence-electron chi connectivity index (χ3n) is 8.62. The highest BCUT2D eigenvalue weighted by Crippen LogP contribution is 2.41. The van der Waals surface area contributed by atoms with Crippen molar-refractivity contribution < 1.29 is 9.53 Å². The molecule has 3 rings (SSSR count). The van der Waals surface area contributed by atoms with Gasteiger partial charge in [-0.2, -0.15) is 0 Å². The molecule has 0 N–H and O–H groups in total. The minimum atomic E-state index is 0.142. The van der Waals surface area contributed by atoms with E-state index in [9.17, 15) is 4.79 Å². The minimum Gasteiger partial charge on any atom is -0.462 e. The molecule has 0 unspecified atom stereocenters. The van der Waals surface area contributed by atoms with Crippen molar-refractivity contribution in [1.82, 2.24) is 0 Å². The molecule has 3 saturated carbocycles. The van der Waals surface area contributed by atoms with E-state index < -0.39 is 0 Å². The zero-order valence-electron chi connectivity index (χ0n) is 19.5. The highest BCUT2D eigenvalue weighted by Gasteiger charge is 2.34. The average molecular weight is 405 g/mol. The Bertz CT molecular complexity index is 449. The Morgan fingerprint density at radius 1 is 0.724 bits per heavy atom. The fraction of sp³-hybridized carbons (Fsp3) is 0.963. The zero-order valence-corrected chi connectivity index (χ0v) is 19.5. The summed E-state index contributed by atoms with van der Waals surface area (Å²) in [7, 11) is 0. The van der Waals surface area contributed by atoms with Crippen LogP contribution < -0.4 is 0 Å². The first-order valence-electron chi connectivity index (χ1n) is 13.4. The van der Waals surface area contributed by atoms with Gasteiger partial charge in [0.1, 0.15) is 6.10 Å². The summed E-state index contributed by atoms with van der Waals surface area (Å²) in [4.78, 5) is 12.7. The topological polar surface area (TPSA) is 26.3 Å². The highest BCUT2D eigenvalue weighted by atomic mass is 16.5. The Labute approximate surface area is 180 Å². The molecule has 3 aliphatic carbocycles. The van der Waals surface area contributed by atoms with Crippen LogP contribution in [0, 0.1) is 29.6 Å². The summed E-state index contributed by atoms with van der Waals surface area (Å²) < 4.78 is 5.99. The van der Waals surface area contributed by atoms with E-state index in [0.29, 0.717) is 0 Å².